The molecule has 0 fully saturated rings. The van der Waals surface area contributed by atoms with Gasteiger partial charge in [-0.15, -0.1) is 0 Å². The lowest BCUT2D eigenvalue weighted by Crippen LogP contribution is -2.18. The smallest absolute Gasteiger partial charge is 0.137 e. The van der Waals surface area contributed by atoms with Crippen molar-refractivity contribution >= 4 is 0 Å². The van der Waals surface area contributed by atoms with Crippen LogP contribution in [0.3, 0.4) is 0 Å². The molecule has 1 heterocycles. The second-order valence-corrected chi connectivity index (χ2v) is 6.18. The van der Waals surface area contributed by atoms with Gasteiger partial charge >= 0.3 is 0 Å². The van der Waals surface area contributed by atoms with Gasteiger partial charge in [-0.1, -0.05) is 20.8 Å². The lowest BCUT2D eigenvalue weighted by molar-refractivity contribution is 0.268. The average molecular weight is 250 g/mol. The number of nitrogens with two attached hydrogens (primary N) is 1. The molecule has 0 radical (unpaired) electrons. The van der Waals surface area contributed by atoms with Gasteiger partial charge in [-0.2, -0.15) is 0 Å². The summed E-state index contributed by atoms with van der Waals surface area (Å²) in [6, 6.07) is 4.11. The molecule has 0 saturated heterocycles. The van der Waals surface area contributed by atoms with E-state index in [2.05, 4.69) is 25.8 Å². The third-order valence-electron chi connectivity index (χ3n) is 2.67. The molecule has 102 valence electrons. The zero-order valence-electron chi connectivity index (χ0n) is 12.1. The summed E-state index contributed by atoms with van der Waals surface area (Å²) in [6.45, 7) is 9.48. The summed E-state index contributed by atoms with van der Waals surface area (Å²) in [4.78, 5) is 4.34. The molecule has 0 amide bonds. The monoisotopic (exact) mass is 250 g/mol. The molecule has 18 heavy (non-hydrogen) atoms. The molecule has 0 saturated carbocycles. The van der Waals surface area contributed by atoms with Gasteiger partial charge in [0.15, 0.2) is 0 Å². The fourth-order valence-electron chi connectivity index (χ4n) is 1.74. The standard InChI is InChI=1S/C15H26N2O/c1-12(16)10-13-6-7-14(11-17-13)18-9-5-8-15(2,3)4/h6-7,11-12H,5,8-10,16H2,1-4H3. The molecule has 0 aliphatic rings. The number of nitrogens with zero attached hydrogens (tertiary/aromatic N) is 1. The molecule has 1 aromatic rings. The Morgan fingerprint density at radius 1 is 1.33 bits per heavy atom. The molecular weight excluding hydrogens is 224 g/mol. The molecule has 1 atom stereocenters. The van der Waals surface area contributed by atoms with Crippen LogP contribution in [0.15, 0.2) is 18.3 Å². The molecule has 0 bridgehead atoms. The summed E-state index contributed by atoms with van der Waals surface area (Å²) in [5.41, 5.74) is 7.13. The van der Waals surface area contributed by atoms with E-state index in [1.54, 1.807) is 6.20 Å². The first-order valence-corrected chi connectivity index (χ1v) is 6.70. The van der Waals surface area contributed by atoms with Gasteiger partial charge in [0.25, 0.3) is 0 Å². The van der Waals surface area contributed by atoms with Crippen LogP contribution < -0.4 is 10.5 Å². The molecule has 0 aliphatic carbocycles. The molecule has 0 aliphatic heterocycles. The van der Waals surface area contributed by atoms with E-state index >= 15 is 0 Å². The maximum absolute atomic E-state index is 5.73. The highest BCUT2D eigenvalue weighted by Crippen LogP contribution is 2.20. The van der Waals surface area contributed by atoms with Crippen LogP contribution in [-0.4, -0.2) is 17.6 Å². The van der Waals surface area contributed by atoms with Crippen molar-refractivity contribution in [3.05, 3.63) is 24.0 Å². The molecule has 1 rings (SSSR count). The topological polar surface area (TPSA) is 48.1 Å². The summed E-state index contributed by atoms with van der Waals surface area (Å²) in [5.74, 6) is 0.845. The Morgan fingerprint density at radius 2 is 2.06 bits per heavy atom. The van der Waals surface area contributed by atoms with Gasteiger partial charge in [0, 0.05) is 18.2 Å². The first kappa shape index (κ1) is 15.0. The van der Waals surface area contributed by atoms with E-state index in [1.165, 1.54) is 6.42 Å². The number of hydrogen-bond donors (Lipinski definition) is 1. The number of hydrogen-bond acceptors (Lipinski definition) is 3. The number of rotatable bonds is 6. The largest absolute Gasteiger partial charge is 0.492 e. The molecule has 2 N–H and O–H groups in total. The van der Waals surface area contributed by atoms with Crippen LogP contribution in [0.1, 0.15) is 46.2 Å². The van der Waals surface area contributed by atoms with Crippen molar-refractivity contribution in [3.8, 4) is 5.75 Å². The normalized spacial score (nSPS) is 13.4. The van der Waals surface area contributed by atoms with Crippen LogP contribution in [0.4, 0.5) is 0 Å². The van der Waals surface area contributed by atoms with Gasteiger partial charge in [-0.05, 0) is 37.3 Å². The van der Waals surface area contributed by atoms with Crippen molar-refractivity contribution in [3.63, 3.8) is 0 Å². The summed E-state index contributed by atoms with van der Waals surface area (Å²) in [5, 5.41) is 0. The van der Waals surface area contributed by atoms with Crippen molar-refractivity contribution in [1.29, 1.82) is 0 Å². The molecule has 0 aromatic carbocycles. The van der Waals surface area contributed by atoms with E-state index in [0.29, 0.717) is 5.41 Å². The van der Waals surface area contributed by atoms with Gasteiger partial charge in [0.05, 0.1) is 12.8 Å². The summed E-state index contributed by atoms with van der Waals surface area (Å²) in [7, 11) is 0. The predicted octanol–water partition coefficient (Wildman–Crippen LogP) is 3.18. The van der Waals surface area contributed by atoms with E-state index in [1.807, 2.05) is 19.1 Å². The minimum Gasteiger partial charge on any atom is -0.492 e. The van der Waals surface area contributed by atoms with Crippen LogP contribution >= 0.6 is 0 Å². The Hall–Kier alpha value is -1.09. The summed E-state index contributed by atoms with van der Waals surface area (Å²) >= 11 is 0. The van der Waals surface area contributed by atoms with Crippen molar-refractivity contribution < 1.29 is 4.74 Å². The third-order valence-corrected chi connectivity index (χ3v) is 2.67. The molecule has 0 spiro atoms. The Kier molecular flexibility index (Phi) is 5.60. The predicted molar refractivity (Wildman–Crippen MR) is 75.8 cm³/mol. The van der Waals surface area contributed by atoms with E-state index in [4.69, 9.17) is 10.5 Å². The molecule has 1 unspecified atom stereocenters. The molecule has 1 aromatic heterocycles. The van der Waals surface area contributed by atoms with Gasteiger partial charge in [0.1, 0.15) is 5.75 Å². The van der Waals surface area contributed by atoms with Gasteiger partial charge in [0.2, 0.25) is 0 Å². The van der Waals surface area contributed by atoms with Crippen molar-refractivity contribution in [2.75, 3.05) is 6.61 Å². The molecular formula is C15H26N2O. The van der Waals surface area contributed by atoms with Crippen LogP contribution in [0.25, 0.3) is 0 Å². The quantitative estimate of drug-likeness (QED) is 0.789. The van der Waals surface area contributed by atoms with Crippen LogP contribution in [0, 0.1) is 5.41 Å². The Labute approximate surface area is 111 Å². The highest BCUT2D eigenvalue weighted by Gasteiger charge is 2.09. The second-order valence-electron chi connectivity index (χ2n) is 6.18. The maximum atomic E-state index is 5.73. The Balaban J connectivity index is 2.31. The van der Waals surface area contributed by atoms with Gasteiger partial charge < -0.3 is 10.5 Å². The highest BCUT2D eigenvalue weighted by atomic mass is 16.5. The summed E-state index contributed by atoms with van der Waals surface area (Å²) < 4.78 is 5.67. The van der Waals surface area contributed by atoms with Crippen LogP contribution in [-0.2, 0) is 6.42 Å². The van der Waals surface area contributed by atoms with E-state index < -0.39 is 0 Å². The van der Waals surface area contributed by atoms with Crippen molar-refractivity contribution in [1.82, 2.24) is 4.98 Å². The highest BCUT2D eigenvalue weighted by molar-refractivity contribution is 5.20. The number of ether oxygens (including phenoxy) is 1. The minimum absolute atomic E-state index is 0.149. The van der Waals surface area contributed by atoms with Crippen molar-refractivity contribution in [2.24, 2.45) is 11.1 Å². The fraction of sp³-hybridized carbons (Fsp3) is 0.667. The lowest BCUT2D eigenvalue weighted by Gasteiger charge is -2.17. The summed E-state index contributed by atoms with van der Waals surface area (Å²) in [6.07, 6.45) is 4.84. The van der Waals surface area contributed by atoms with E-state index in [9.17, 15) is 0 Å². The van der Waals surface area contributed by atoms with Gasteiger partial charge in [-0.25, -0.2) is 0 Å². The van der Waals surface area contributed by atoms with Crippen LogP contribution in [0.2, 0.25) is 0 Å². The first-order chi connectivity index (χ1) is 8.37. The SMILES string of the molecule is CC(N)Cc1ccc(OCCCC(C)(C)C)cn1. The molecule has 3 heteroatoms. The minimum atomic E-state index is 0.149. The zero-order valence-corrected chi connectivity index (χ0v) is 12.1. The second kappa shape index (κ2) is 6.74. The van der Waals surface area contributed by atoms with E-state index in [-0.39, 0.29) is 6.04 Å². The van der Waals surface area contributed by atoms with E-state index in [0.717, 1.165) is 30.9 Å². The number of pyridine rings is 1. The maximum Gasteiger partial charge on any atom is 0.137 e. The molecule has 3 nitrogen and oxygen atoms in total. The Morgan fingerprint density at radius 3 is 2.56 bits per heavy atom. The van der Waals surface area contributed by atoms with Crippen molar-refractivity contribution in [2.45, 2.75) is 53.0 Å². The Bertz CT molecular complexity index is 339. The first-order valence-electron chi connectivity index (χ1n) is 6.70. The average Bonchev–Trinajstić information content (AvgIpc) is 2.24. The van der Waals surface area contributed by atoms with Crippen LogP contribution in [0.5, 0.6) is 5.75 Å². The lowest BCUT2D eigenvalue weighted by atomic mass is 9.91. The fourth-order valence-corrected chi connectivity index (χ4v) is 1.74. The third kappa shape index (κ3) is 6.60. The van der Waals surface area contributed by atoms with Gasteiger partial charge in [-0.3, -0.25) is 4.98 Å². The number of aromatic nitrogens is 1. The zero-order chi connectivity index (χ0) is 13.6.